The van der Waals surface area contributed by atoms with Crippen molar-refractivity contribution in [3.8, 4) is 17.2 Å². The Morgan fingerprint density at radius 1 is 0.384 bits per heavy atom. The van der Waals surface area contributed by atoms with E-state index in [0.717, 1.165) is 68.1 Å². The lowest BCUT2D eigenvalue weighted by Crippen LogP contribution is -2.29. The smallest absolute Gasteiger partial charge is 0.233 e. The highest BCUT2D eigenvalue weighted by atomic mass is 16.5. The second-order valence-electron chi connectivity index (χ2n) is 21.5. The molecule has 0 spiro atoms. The third-order valence-electron chi connectivity index (χ3n) is 14.4. The summed E-state index contributed by atoms with van der Waals surface area (Å²) in [5.41, 5.74) is 6.83. The quantitative estimate of drug-likeness (QED) is 0.0553. The van der Waals surface area contributed by atoms with E-state index in [4.69, 9.17) is 34.9 Å². The number of anilines is 4. The highest BCUT2D eigenvalue weighted by molar-refractivity contribution is 5.66. The number of nitrogens with one attached hydrogen (secondary N) is 2. The minimum Gasteiger partial charge on any atom is -0.489 e. The van der Waals surface area contributed by atoms with E-state index in [-0.39, 0.29) is 0 Å². The lowest BCUT2D eigenvalue weighted by Gasteiger charge is -2.24. The van der Waals surface area contributed by atoms with Crippen molar-refractivity contribution in [2.24, 2.45) is 5.73 Å². The predicted octanol–water partition coefficient (Wildman–Crippen LogP) is 19.4. The van der Waals surface area contributed by atoms with Gasteiger partial charge in [0, 0.05) is 44.0 Å². The maximum absolute atomic E-state index is 6.75. The molecule has 0 fully saturated rings. The molecule has 0 unspecified atom stereocenters. The molecule has 1 heterocycles. The second kappa shape index (κ2) is 49.8. The molecule has 0 radical (unpaired) electrons. The number of rotatable bonds is 56. The number of benzene rings is 1. The van der Waals surface area contributed by atoms with E-state index in [1.54, 1.807) is 0 Å². The van der Waals surface area contributed by atoms with E-state index in [2.05, 4.69) is 62.3 Å². The van der Waals surface area contributed by atoms with Crippen molar-refractivity contribution < 1.29 is 14.2 Å². The van der Waals surface area contributed by atoms with Crippen molar-refractivity contribution in [3.63, 3.8) is 0 Å². The van der Waals surface area contributed by atoms with Gasteiger partial charge in [0.25, 0.3) is 0 Å². The van der Waals surface area contributed by atoms with Crippen LogP contribution in [0.15, 0.2) is 12.1 Å². The number of nitrogens with zero attached hydrogens (tertiary/aromatic N) is 4. The highest BCUT2D eigenvalue weighted by Crippen LogP contribution is 2.42. The molecule has 0 saturated carbocycles. The van der Waals surface area contributed by atoms with Gasteiger partial charge in [-0.15, -0.1) is 0 Å². The van der Waals surface area contributed by atoms with Crippen molar-refractivity contribution in [2.45, 2.75) is 304 Å². The van der Waals surface area contributed by atoms with E-state index in [9.17, 15) is 0 Å². The van der Waals surface area contributed by atoms with E-state index in [0.29, 0.717) is 50.8 Å². The maximum Gasteiger partial charge on any atom is 0.233 e. The Kier molecular flexibility index (Phi) is 45.1. The van der Waals surface area contributed by atoms with Crippen molar-refractivity contribution >= 4 is 23.5 Å². The van der Waals surface area contributed by atoms with Gasteiger partial charge in [-0.05, 0) is 32.1 Å². The molecule has 0 aliphatic carbocycles. The van der Waals surface area contributed by atoms with Crippen molar-refractivity contribution in [3.05, 3.63) is 12.1 Å². The first kappa shape index (κ1) is 66.1. The summed E-state index contributed by atoms with van der Waals surface area (Å²) in [6.07, 6.45) is 53.7. The zero-order valence-corrected chi connectivity index (χ0v) is 48.9. The molecular formula is C63H119N7O3. The van der Waals surface area contributed by atoms with Crippen LogP contribution in [0.25, 0.3) is 0 Å². The van der Waals surface area contributed by atoms with Crippen LogP contribution in [0.1, 0.15) is 304 Å². The molecule has 0 aliphatic heterocycles. The van der Waals surface area contributed by atoms with Gasteiger partial charge in [-0.25, -0.2) is 0 Å². The Bertz CT molecular complexity index is 1430. The molecule has 10 nitrogen and oxygen atoms in total. The summed E-state index contributed by atoms with van der Waals surface area (Å²) in [6.45, 7) is 16.3. The van der Waals surface area contributed by atoms with E-state index in [1.165, 1.54) is 238 Å². The number of ether oxygens (including phenoxy) is 3. The van der Waals surface area contributed by atoms with E-state index >= 15 is 0 Å². The maximum atomic E-state index is 6.75. The van der Waals surface area contributed by atoms with Gasteiger partial charge in [0.05, 0.1) is 19.8 Å². The van der Waals surface area contributed by atoms with E-state index in [1.807, 2.05) is 0 Å². The molecule has 4 N–H and O–H groups in total. The fraction of sp³-hybridized carbons (Fsp3) is 0.857. The van der Waals surface area contributed by atoms with Crippen molar-refractivity contribution in [1.29, 1.82) is 0 Å². The Balaban J connectivity index is 2.40. The van der Waals surface area contributed by atoms with Crippen LogP contribution in [0.3, 0.4) is 0 Å². The lowest BCUT2D eigenvalue weighted by molar-refractivity contribution is 0.234. The molecule has 0 atom stereocenters. The number of unbranched alkanes of at least 4 members (excludes halogenated alkanes) is 37. The molecule has 0 bridgehead atoms. The summed E-state index contributed by atoms with van der Waals surface area (Å²) < 4.78 is 20.2. The zero-order chi connectivity index (χ0) is 52.3. The first-order chi connectivity index (χ1) is 36.1. The van der Waals surface area contributed by atoms with Gasteiger partial charge in [-0.1, -0.05) is 272 Å². The van der Waals surface area contributed by atoms with Crippen LogP contribution in [-0.2, 0) is 0 Å². The standard InChI is InChI=1S/C63H119N7O3/c1-6-11-16-21-26-29-32-35-40-45-52-71-58-55-57(66-62-67-61(65-49-48-64)68-63(69-62)70(50-43-38-24-19-14-9-4)51-44-39-25-20-15-10-5)56-59(72-53-46-41-36-33-30-27-22-17-12-7-2)60(58)73-54-47-42-37-34-31-28-23-18-13-8-3/h55-56H,6-54,64H2,1-5H3,(H2,65,66,67,68,69). The molecule has 2 aromatic rings. The van der Waals surface area contributed by atoms with Gasteiger partial charge < -0.3 is 35.5 Å². The van der Waals surface area contributed by atoms with Gasteiger partial charge in [0.15, 0.2) is 11.5 Å². The van der Waals surface area contributed by atoms with Gasteiger partial charge >= 0.3 is 0 Å². The van der Waals surface area contributed by atoms with Crippen molar-refractivity contribution in [1.82, 2.24) is 15.0 Å². The fourth-order valence-electron chi connectivity index (χ4n) is 9.74. The Morgan fingerprint density at radius 3 is 1.05 bits per heavy atom. The van der Waals surface area contributed by atoms with Crippen LogP contribution in [-0.4, -0.2) is 61.0 Å². The Labute approximate surface area is 451 Å². The first-order valence-corrected chi connectivity index (χ1v) is 31.9. The third kappa shape index (κ3) is 36.6. The average Bonchev–Trinajstić information content (AvgIpc) is 3.39. The normalized spacial score (nSPS) is 11.4. The predicted molar refractivity (Wildman–Crippen MR) is 318 cm³/mol. The van der Waals surface area contributed by atoms with Gasteiger partial charge in [-0.2, -0.15) is 15.0 Å². The fourth-order valence-corrected chi connectivity index (χ4v) is 9.74. The second-order valence-corrected chi connectivity index (χ2v) is 21.5. The van der Waals surface area contributed by atoms with Crippen LogP contribution >= 0.6 is 0 Å². The Hall–Kier alpha value is -3.01. The molecule has 73 heavy (non-hydrogen) atoms. The van der Waals surface area contributed by atoms with Crippen molar-refractivity contribution in [2.75, 3.05) is 61.5 Å². The number of nitrogens with two attached hydrogens (primary N) is 1. The minimum absolute atomic E-state index is 0.489. The number of hydrogen-bond acceptors (Lipinski definition) is 10. The summed E-state index contributed by atoms with van der Waals surface area (Å²) in [5, 5.41) is 7.01. The summed E-state index contributed by atoms with van der Waals surface area (Å²) in [5.74, 6) is 3.95. The molecule has 0 amide bonds. The molecular weight excluding hydrogens is 903 g/mol. The number of hydrogen-bond donors (Lipinski definition) is 3. The SMILES string of the molecule is CCCCCCCCCCCCOc1cc(Nc2nc(NCCN)nc(N(CCCCCCCC)CCCCCCCC)n2)cc(OCCCCCCCCCCCC)c1OCCCCCCCCCCCC. The molecule has 0 saturated heterocycles. The topological polar surface area (TPSA) is 120 Å². The first-order valence-electron chi connectivity index (χ1n) is 31.9. The number of aromatic nitrogens is 3. The average molecular weight is 1020 g/mol. The third-order valence-corrected chi connectivity index (χ3v) is 14.4. The molecule has 1 aromatic carbocycles. The molecule has 2 rings (SSSR count). The monoisotopic (exact) mass is 1020 g/mol. The molecule has 1 aromatic heterocycles. The highest BCUT2D eigenvalue weighted by Gasteiger charge is 2.19. The van der Waals surface area contributed by atoms with Crippen LogP contribution in [0, 0.1) is 0 Å². The molecule has 424 valence electrons. The summed E-state index contributed by atoms with van der Waals surface area (Å²) >= 11 is 0. The van der Waals surface area contributed by atoms with Crippen LogP contribution < -0.4 is 35.5 Å². The largest absolute Gasteiger partial charge is 0.489 e. The Morgan fingerprint density at radius 2 is 0.699 bits per heavy atom. The van der Waals surface area contributed by atoms with Gasteiger partial charge in [0.1, 0.15) is 0 Å². The minimum atomic E-state index is 0.489. The zero-order valence-electron chi connectivity index (χ0n) is 48.9. The summed E-state index contributed by atoms with van der Waals surface area (Å²) in [4.78, 5) is 17.5. The van der Waals surface area contributed by atoms with Crippen LogP contribution in [0.2, 0.25) is 0 Å². The lowest BCUT2D eigenvalue weighted by atomic mass is 10.1. The molecule has 10 heteroatoms. The van der Waals surface area contributed by atoms with Gasteiger partial charge in [0.2, 0.25) is 23.6 Å². The summed E-state index contributed by atoms with van der Waals surface area (Å²) in [7, 11) is 0. The summed E-state index contributed by atoms with van der Waals surface area (Å²) in [6, 6.07) is 4.16. The van der Waals surface area contributed by atoms with Crippen LogP contribution in [0.5, 0.6) is 17.2 Å². The molecule has 0 aliphatic rings. The van der Waals surface area contributed by atoms with E-state index < -0.39 is 0 Å². The van der Waals surface area contributed by atoms with Crippen LogP contribution in [0.4, 0.5) is 23.5 Å². The van der Waals surface area contributed by atoms with Gasteiger partial charge in [-0.3, -0.25) is 0 Å².